The number of nitrogens with one attached hydrogen (secondary N) is 2. The molecule has 0 aromatic carbocycles. The molecule has 1 saturated carbocycles. The van der Waals surface area contributed by atoms with Gasteiger partial charge in [-0.2, -0.15) is 0 Å². The van der Waals surface area contributed by atoms with E-state index < -0.39 is 29.3 Å². The van der Waals surface area contributed by atoms with Gasteiger partial charge in [-0.25, -0.2) is 9.59 Å². The summed E-state index contributed by atoms with van der Waals surface area (Å²) in [7, 11) is 0. The van der Waals surface area contributed by atoms with E-state index in [4.69, 9.17) is 5.73 Å². The van der Waals surface area contributed by atoms with Crippen LogP contribution >= 0.6 is 0 Å². The molecule has 98 valence electrons. The summed E-state index contributed by atoms with van der Waals surface area (Å²) in [6.07, 6.45) is 1.72. The molecule has 1 heterocycles. The topological polar surface area (TPSA) is 122 Å². The van der Waals surface area contributed by atoms with Crippen molar-refractivity contribution in [2.24, 2.45) is 11.1 Å². The van der Waals surface area contributed by atoms with Crippen LogP contribution in [0.3, 0.4) is 0 Å². The Morgan fingerprint density at radius 3 is 2.56 bits per heavy atom. The van der Waals surface area contributed by atoms with Crippen LogP contribution in [0.15, 0.2) is 0 Å². The second kappa shape index (κ2) is 4.28. The van der Waals surface area contributed by atoms with Crippen molar-refractivity contribution in [2.45, 2.75) is 19.3 Å². The Morgan fingerprint density at radius 2 is 2.06 bits per heavy atom. The molecule has 2 aliphatic rings. The first-order valence-corrected chi connectivity index (χ1v) is 5.68. The molecule has 1 aliphatic heterocycles. The second-order valence-electron chi connectivity index (χ2n) is 4.44. The number of carbonyl (C=O) groups excluding carboxylic acids is 4. The van der Waals surface area contributed by atoms with Crippen LogP contribution in [0.4, 0.5) is 9.59 Å². The van der Waals surface area contributed by atoms with Gasteiger partial charge in [0.15, 0.2) is 0 Å². The molecule has 8 nitrogen and oxygen atoms in total. The van der Waals surface area contributed by atoms with Crippen LogP contribution in [0.5, 0.6) is 0 Å². The number of amides is 6. The lowest BCUT2D eigenvalue weighted by Crippen LogP contribution is -2.66. The van der Waals surface area contributed by atoms with Gasteiger partial charge in [0.1, 0.15) is 5.41 Å². The number of nitrogens with two attached hydrogens (primary N) is 1. The number of rotatable bonds is 3. The summed E-state index contributed by atoms with van der Waals surface area (Å²) in [6, 6.07) is -1.47. The lowest BCUT2D eigenvalue weighted by molar-refractivity contribution is -0.157. The number of nitrogens with zero attached hydrogens (tertiary/aromatic N) is 1. The zero-order chi connectivity index (χ0) is 13.3. The molecular formula is C10H14N4O4. The van der Waals surface area contributed by atoms with Gasteiger partial charge in [0.25, 0.3) is 0 Å². The molecule has 8 heteroatoms. The normalized spacial score (nSPS) is 21.6. The van der Waals surface area contributed by atoms with Gasteiger partial charge in [-0.15, -0.1) is 0 Å². The highest BCUT2D eigenvalue weighted by molar-refractivity contribution is 6.19. The number of carbonyl (C=O) groups is 4. The van der Waals surface area contributed by atoms with E-state index in [2.05, 4.69) is 10.6 Å². The van der Waals surface area contributed by atoms with Crippen molar-refractivity contribution in [1.29, 1.82) is 0 Å². The van der Waals surface area contributed by atoms with Gasteiger partial charge in [-0.1, -0.05) is 6.42 Å². The monoisotopic (exact) mass is 254 g/mol. The minimum absolute atomic E-state index is 0.00262. The highest BCUT2D eigenvalue weighted by Gasteiger charge is 2.57. The van der Waals surface area contributed by atoms with Crippen molar-refractivity contribution < 1.29 is 19.2 Å². The lowest BCUT2D eigenvalue weighted by atomic mass is 9.66. The highest BCUT2D eigenvalue weighted by atomic mass is 16.2. The van der Waals surface area contributed by atoms with E-state index in [-0.39, 0.29) is 13.1 Å². The first kappa shape index (κ1) is 12.3. The lowest BCUT2D eigenvalue weighted by Gasteiger charge is -2.44. The number of urea groups is 2. The Morgan fingerprint density at radius 1 is 1.39 bits per heavy atom. The number of barbiturate groups is 1. The minimum atomic E-state index is -1.07. The standard InChI is InChI=1S/C10H14N4O4/c11-8(17)12-4-5-14-7(16)10(2-1-3-10)6(15)13-9(14)18/h1-5H2,(H3,11,12,17)(H,13,15,18). The Bertz CT molecular complexity index is 430. The summed E-state index contributed by atoms with van der Waals surface area (Å²) in [5, 5.41) is 4.46. The summed E-state index contributed by atoms with van der Waals surface area (Å²) in [5.74, 6) is -0.989. The van der Waals surface area contributed by atoms with Gasteiger partial charge >= 0.3 is 12.1 Å². The summed E-state index contributed by atoms with van der Waals surface area (Å²) < 4.78 is 0. The number of primary amides is 1. The molecule has 6 amide bonds. The van der Waals surface area contributed by atoms with E-state index in [0.717, 1.165) is 11.3 Å². The van der Waals surface area contributed by atoms with Gasteiger partial charge in [-0.3, -0.25) is 19.8 Å². The van der Waals surface area contributed by atoms with Gasteiger partial charge in [0, 0.05) is 13.1 Å². The van der Waals surface area contributed by atoms with E-state index in [1.807, 2.05) is 0 Å². The minimum Gasteiger partial charge on any atom is -0.352 e. The average molecular weight is 254 g/mol. The molecular weight excluding hydrogens is 240 g/mol. The largest absolute Gasteiger partial charge is 0.352 e. The van der Waals surface area contributed by atoms with E-state index in [1.54, 1.807) is 0 Å². The number of hydrogen-bond acceptors (Lipinski definition) is 4. The third-order valence-corrected chi connectivity index (χ3v) is 3.40. The molecule has 0 atom stereocenters. The Kier molecular flexibility index (Phi) is 2.93. The molecule has 2 fully saturated rings. The van der Waals surface area contributed by atoms with Gasteiger partial charge in [0.2, 0.25) is 11.8 Å². The third kappa shape index (κ3) is 1.79. The molecule has 1 aliphatic carbocycles. The summed E-state index contributed by atoms with van der Waals surface area (Å²) in [5.41, 5.74) is 3.81. The van der Waals surface area contributed by atoms with Crippen molar-refractivity contribution in [1.82, 2.24) is 15.5 Å². The number of hydrogen-bond donors (Lipinski definition) is 3. The first-order valence-electron chi connectivity index (χ1n) is 5.68. The smallest absolute Gasteiger partial charge is 0.330 e. The third-order valence-electron chi connectivity index (χ3n) is 3.40. The maximum absolute atomic E-state index is 12.1. The Labute approximate surface area is 103 Å². The van der Waals surface area contributed by atoms with Crippen LogP contribution in [-0.4, -0.2) is 41.9 Å². The molecule has 2 rings (SSSR count). The van der Waals surface area contributed by atoms with Crippen LogP contribution in [0, 0.1) is 5.41 Å². The van der Waals surface area contributed by atoms with Crippen LogP contribution < -0.4 is 16.4 Å². The van der Waals surface area contributed by atoms with Gasteiger partial charge in [-0.05, 0) is 12.8 Å². The van der Waals surface area contributed by atoms with Gasteiger partial charge in [0.05, 0.1) is 0 Å². The van der Waals surface area contributed by atoms with Crippen molar-refractivity contribution in [3.05, 3.63) is 0 Å². The fourth-order valence-corrected chi connectivity index (χ4v) is 2.20. The molecule has 0 unspecified atom stereocenters. The van der Waals surface area contributed by atoms with E-state index in [1.165, 1.54) is 0 Å². The molecule has 1 spiro atoms. The molecule has 0 radical (unpaired) electrons. The first-order chi connectivity index (χ1) is 8.47. The maximum Gasteiger partial charge on any atom is 0.330 e. The molecule has 4 N–H and O–H groups in total. The van der Waals surface area contributed by atoms with Crippen LogP contribution in [-0.2, 0) is 9.59 Å². The molecule has 0 aromatic rings. The predicted octanol–water partition coefficient (Wildman–Crippen LogP) is -1.10. The van der Waals surface area contributed by atoms with E-state index in [0.29, 0.717) is 12.8 Å². The average Bonchev–Trinajstić information content (AvgIpc) is 2.20. The molecule has 0 aromatic heterocycles. The maximum atomic E-state index is 12.1. The number of imide groups is 2. The summed E-state index contributed by atoms with van der Waals surface area (Å²) >= 11 is 0. The Hall–Kier alpha value is -2.12. The molecule has 18 heavy (non-hydrogen) atoms. The second-order valence-corrected chi connectivity index (χ2v) is 4.44. The molecule has 0 bridgehead atoms. The zero-order valence-electron chi connectivity index (χ0n) is 9.69. The van der Waals surface area contributed by atoms with Crippen molar-refractivity contribution in [3.63, 3.8) is 0 Å². The fourth-order valence-electron chi connectivity index (χ4n) is 2.20. The van der Waals surface area contributed by atoms with E-state index >= 15 is 0 Å². The Balaban J connectivity index is 2.05. The zero-order valence-corrected chi connectivity index (χ0v) is 9.69. The van der Waals surface area contributed by atoms with Crippen LogP contribution in [0.2, 0.25) is 0 Å². The summed E-state index contributed by atoms with van der Waals surface area (Å²) in [6.45, 7) is 0.0708. The van der Waals surface area contributed by atoms with Crippen LogP contribution in [0.25, 0.3) is 0 Å². The quantitative estimate of drug-likeness (QED) is 0.553. The van der Waals surface area contributed by atoms with Crippen molar-refractivity contribution in [3.8, 4) is 0 Å². The summed E-state index contributed by atoms with van der Waals surface area (Å²) in [4.78, 5) is 46.8. The predicted molar refractivity (Wildman–Crippen MR) is 59.1 cm³/mol. The van der Waals surface area contributed by atoms with Crippen molar-refractivity contribution >= 4 is 23.9 Å². The fraction of sp³-hybridized carbons (Fsp3) is 0.600. The van der Waals surface area contributed by atoms with Crippen molar-refractivity contribution in [2.75, 3.05) is 13.1 Å². The SMILES string of the molecule is NC(=O)NCCN1C(=O)NC(=O)C2(CCC2)C1=O. The van der Waals surface area contributed by atoms with E-state index in [9.17, 15) is 19.2 Å². The molecule has 1 saturated heterocycles. The van der Waals surface area contributed by atoms with Crippen LogP contribution in [0.1, 0.15) is 19.3 Å². The van der Waals surface area contributed by atoms with Gasteiger partial charge < -0.3 is 11.1 Å². The highest BCUT2D eigenvalue weighted by Crippen LogP contribution is 2.44.